The molecule has 2 rings (SSSR count). The van der Waals surface area contributed by atoms with Gasteiger partial charge >= 0.3 is 0 Å². The predicted octanol–water partition coefficient (Wildman–Crippen LogP) is 2.60. The van der Waals surface area contributed by atoms with Gasteiger partial charge in [-0.15, -0.1) is 0 Å². The maximum absolute atomic E-state index is 5.82. The van der Waals surface area contributed by atoms with Crippen LogP contribution in [0.2, 0.25) is 5.15 Å². The lowest BCUT2D eigenvalue weighted by Crippen LogP contribution is -2.27. The molecule has 1 aliphatic rings. The molecule has 2 unspecified atom stereocenters. The Hall–Kier alpha value is -0.710. The molecule has 0 saturated heterocycles. The highest BCUT2D eigenvalue weighted by Crippen LogP contribution is 2.23. The van der Waals surface area contributed by atoms with E-state index in [0.717, 1.165) is 31.4 Å². The van der Waals surface area contributed by atoms with Crippen molar-refractivity contribution in [2.45, 2.75) is 44.5 Å². The van der Waals surface area contributed by atoms with Crippen molar-refractivity contribution in [3.05, 3.63) is 23.2 Å². The van der Waals surface area contributed by atoms with Crippen molar-refractivity contribution in [1.82, 2.24) is 9.97 Å². The smallest absolute Gasteiger partial charge is 0.147 e. The van der Waals surface area contributed by atoms with Gasteiger partial charge < -0.3 is 9.47 Å². The van der Waals surface area contributed by atoms with Crippen LogP contribution in [0.5, 0.6) is 0 Å². The summed E-state index contributed by atoms with van der Waals surface area (Å²) < 4.78 is 11.2. The van der Waals surface area contributed by atoms with Gasteiger partial charge in [0.25, 0.3) is 0 Å². The van der Waals surface area contributed by atoms with E-state index in [9.17, 15) is 0 Å². The Labute approximate surface area is 106 Å². The van der Waals surface area contributed by atoms with Gasteiger partial charge in [0.1, 0.15) is 5.15 Å². The summed E-state index contributed by atoms with van der Waals surface area (Å²) in [6.45, 7) is 0.491. The fraction of sp³-hybridized carbons (Fsp3) is 0.667. The Bertz CT molecular complexity index is 345. The van der Waals surface area contributed by atoms with Crippen LogP contribution in [-0.4, -0.2) is 29.3 Å². The van der Waals surface area contributed by atoms with Gasteiger partial charge in [-0.3, -0.25) is 4.98 Å². The van der Waals surface area contributed by atoms with Crippen LogP contribution in [0.4, 0.5) is 0 Å². The quantitative estimate of drug-likeness (QED) is 0.831. The van der Waals surface area contributed by atoms with Crippen molar-refractivity contribution in [1.29, 1.82) is 0 Å². The molecule has 1 heterocycles. The molecule has 0 aliphatic heterocycles. The highest BCUT2D eigenvalue weighted by Gasteiger charge is 2.22. The second-order valence-electron chi connectivity index (χ2n) is 4.29. The normalized spacial score (nSPS) is 24.8. The molecule has 1 fully saturated rings. The number of hydrogen-bond donors (Lipinski definition) is 0. The molecule has 4 nitrogen and oxygen atoms in total. The minimum absolute atomic E-state index is 0.270. The van der Waals surface area contributed by atoms with Crippen LogP contribution in [0.15, 0.2) is 12.4 Å². The second-order valence-corrected chi connectivity index (χ2v) is 4.68. The predicted molar refractivity (Wildman–Crippen MR) is 64.9 cm³/mol. The molecular weight excluding hydrogens is 240 g/mol. The highest BCUT2D eigenvalue weighted by atomic mass is 35.5. The van der Waals surface area contributed by atoms with Gasteiger partial charge in [-0.05, 0) is 25.7 Å². The molecule has 2 atom stereocenters. The molecule has 0 amide bonds. The van der Waals surface area contributed by atoms with Gasteiger partial charge in [0.15, 0.2) is 0 Å². The lowest BCUT2D eigenvalue weighted by Gasteiger charge is -2.28. The van der Waals surface area contributed by atoms with E-state index in [4.69, 9.17) is 21.1 Å². The van der Waals surface area contributed by atoms with Gasteiger partial charge in [-0.25, -0.2) is 4.98 Å². The topological polar surface area (TPSA) is 44.2 Å². The average molecular weight is 257 g/mol. The Balaban J connectivity index is 1.79. The Morgan fingerprint density at radius 1 is 1.29 bits per heavy atom. The molecule has 0 aromatic carbocycles. The molecule has 1 aromatic rings. The molecule has 1 saturated carbocycles. The SMILES string of the molecule is COC1CCCC(OCc2cnc(Cl)cn2)C1. The summed E-state index contributed by atoms with van der Waals surface area (Å²) in [5, 5.41) is 0.408. The standard InChI is InChI=1S/C12H17ClN2O2/c1-16-10-3-2-4-11(5-10)17-8-9-6-15-12(13)7-14-9/h6-7,10-11H,2-5,8H2,1H3. The zero-order valence-electron chi connectivity index (χ0n) is 9.93. The molecule has 0 spiro atoms. The number of nitrogens with zero attached hydrogens (tertiary/aromatic N) is 2. The van der Waals surface area contributed by atoms with Crippen molar-refractivity contribution < 1.29 is 9.47 Å². The summed E-state index contributed by atoms with van der Waals surface area (Å²) in [6, 6.07) is 0. The largest absolute Gasteiger partial charge is 0.381 e. The van der Waals surface area contributed by atoms with Crippen molar-refractivity contribution in [3.63, 3.8) is 0 Å². The fourth-order valence-corrected chi connectivity index (χ4v) is 2.18. The molecular formula is C12H17ClN2O2. The third-order valence-corrected chi connectivity index (χ3v) is 3.25. The zero-order valence-corrected chi connectivity index (χ0v) is 10.7. The highest BCUT2D eigenvalue weighted by molar-refractivity contribution is 6.29. The van der Waals surface area contributed by atoms with E-state index in [-0.39, 0.29) is 6.10 Å². The molecule has 1 aliphatic carbocycles. The molecule has 94 valence electrons. The Morgan fingerprint density at radius 2 is 2.12 bits per heavy atom. The monoisotopic (exact) mass is 256 g/mol. The Kier molecular flexibility index (Phi) is 4.71. The summed E-state index contributed by atoms with van der Waals surface area (Å²) in [4.78, 5) is 8.12. The van der Waals surface area contributed by atoms with Crippen LogP contribution in [-0.2, 0) is 16.1 Å². The van der Waals surface area contributed by atoms with Gasteiger partial charge in [0.05, 0.1) is 36.9 Å². The van der Waals surface area contributed by atoms with E-state index >= 15 is 0 Å². The minimum atomic E-state index is 0.270. The van der Waals surface area contributed by atoms with Gasteiger partial charge in [-0.2, -0.15) is 0 Å². The second kappa shape index (κ2) is 6.28. The third kappa shape index (κ3) is 3.91. The lowest BCUT2D eigenvalue weighted by molar-refractivity contribution is -0.0372. The van der Waals surface area contributed by atoms with Crippen molar-refractivity contribution in [2.75, 3.05) is 7.11 Å². The zero-order chi connectivity index (χ0) is 12.1. The van der Waals surface area contributed by atoms with E-state index in [1.807, 2.05) is 0 Å². The minimum Gasteiger partial charge on any atom is -0.381 e. The summed E-state index contributed by atoms with van der Waals surface area (Å²) in [7, 11) is 1.76. The van der Waals surface area contributed by atoms with Crippen LogP contribution >= 0.6 is 11.6 Å². The van der Waals surface area contributed by atoms with Crippen molar-refractivity contribution in [3.8, 4) is 0 Å². The van der Waals surface area contributed by atoms with Crippen LogP contribution in [0.3, 0.4) is 0 Å². The maximum atomic E-state index is 5.82. The number of aromatic nitrogens is 2. The van der Waals surface area contributed by atoms with Crippen LogP contribution < -0.4 is 0 Å². The first kappa shape index (κ1) is 12.7. The van der Waals surface area contributed by atoms with Crippen LogP contribution in [0, 0.1) is 0 Å². The molecule has 17 heavy (non-hydrogen) atoms. The Morgan fingerprint density at radius 3 is 2.82 bits per heavy atom. The van der Waals surface area contributed by atoms with Gasteiger partial charge in [-0.1, -0.05) is 11.6 Å². The van der Waals surface area contributed by atoms with Crippen LogP contribution in [0.25, 0.3) is 0 Å². The molecule has 1 aromatic heterocycles. The first-order chi connectivity index (χ1) is 8.28. The molecule has 0 N–H and O–H groups in total. The fourth-order valence-electron chi connectivity index (χ4n) is 2.08. The lowest BCUT2D eigenvalue weighted by atomic mass is 9.95. The summed E-state index contributed by atoms with van der Waals surface area (Å²) in [5.41, 5.74) is 0.814. The van der Waals surface area contributed by atoms with E-state index in [1.165, 1.54) is 0 Å². The molecule has 0 bridgehead atoms. The van der Waals surface area contributed by atoms with Crippen molar-refractivity contribution >= 4 is 11.6 Å². The number of halogens is 1. The number of ether oxygens (including phenoxy) is 2. The van der Waals surface area contributed by atoms with E-state index in [0.29, 0.717) is 17.9 Å². The first-order valence-corrected chi connectivity index (χ1v) is 6.26. The summed E-state index contributed by atoms with van der Waals surface area (Å²) >= 11 is 5.67. The molecule has 5 heteroatoms. The number of rotatable bonds is 4. The third-order valence-electron chi connectivity index (χ3n) is 3.05. The van der Waals surface area contributed by atoms with E-state index in [1.54, 1.807) is 19.5 Å². The van der Waals surface area contributed by atoms with Crippen molar-refractivity contribution in [2.24, 2.45) is 0 Å². The van der Waals surface area contributed by atoms with Crippen LogP contribution in [0.1, 0.15) is 31.4 Å². The van der Waals surface area contributed by atoms with Gasteiger partial charge in [0.2, 0.25) is 0 Å². The summed E-state index contributed by atoms with van der Waals surface area (Å²) in [6.07, 6.45) is 8.17. The maximum Gasteiger partial charge on any atom is 0.147 e. The van der Waals surface area contributed by atoms with Gasteiger partial charge in [0, 0.05) is 7.11 Å². The first-order valence-electron chi connectivity index (χ1n) is 5.88. The molecule has 0 radical (unpaired) electrons. The van der Waals surface area contributed by atoms with E-state index < -0.39 is 0 Å². The number of methoxy groups -OCH3 is 1. The average Bonchev–Trinajstić information content (AvgIpc) is 2.38. The summed E-state index contributed by atoms with van der Waals surface area (Å²) in [5.74, 6) is 0. The number of hydrogen-bond acceptors (Lipinski definition) is 4. The van der Waals surface area contributed by atoms with E-state index in [2.05, 4.69) is 9.97 Å².